The third-order valence-corrected chi connectivity index (χ3v) is 3.49. The van der Waals surface area contributed by atoms with Crippen molar-refractivity contribution in [1.29, 1.82) is 0 Å². The third kappa shape index (κ3) is 2.88. The van der Waals surface area contributed by atoms with Crippen molar-refractivity contribution in [2.24, 2.45) is 0 Å². The predicted octanol–water partition coefficient (Wildman–Crippen LogP) is 2.55. The van der Waals surface area contributed by atoms with Gasteiger partial charge in [-0.15, -0.1) is 0 Å². The topological polar surface area (TPSA) is 75.6 Å². The Balaban J connectivity index is 2.20. The number of carbonyl (C=O) groups is 2. The number of anilines is 1. The first kappa shape index (κ1) is 13.8. The summed E-state index contributed by atoms with van der Waals surface area (Å²) in [7, 11) is 0. The van der Waals surface area contributed by atoms with Crippen molar-refractivity contribution in [2.45, 2.75) is 25.4 Å². The fourth-order valence-electron chi connectivity index (χ4n) is 1.97. The van der Waals surface area contributed by atoms with Gasteiger partial charge in [0.05, 0.1) is 16.3 Å². The van der Waals surface area contributed by atoms with Crippen LogP contribution in [0.2, 0.25) is 5.02 Å². The van der Waals surface area contributed by atoms with Gasteiger partial charge in [-0.05, 0) is 38.0 Å². The second-order valence-corrected chi connectivity index (χ2v) is 5.04. The molecule has 1 aromatic carbocycles. The molecule has 102 valence electrons. The maximum atomic E-state index is 12.1. The minimum absolute atomic E-state index is 0.0668. The van der Waals surface area contributed by atoms with Gasteiger partial charge in [-0.1, -0.05) is 11.6 Å². The lowest BCUT2D eigenvalue weighted by molar-refractivity contribution is -0.133. The number of hydrogen-bond donors (Lipinski definition) is 2. The van der Waals surface area contributed by atoms with Crippen molar-refractivity contribution in [3.05, 3.63) is 28.8 Å². The van der Waals surface area contributed by atoms with Gasteiger partial charge < -0.3 is 15.2 Å². The van der Waals surface area contributed by atoms with E-state index in [2.05, 4.69) is 5.32 Å². The van der Waals surface area contributed by atoms with Crippen LogP contribution in [0.1, 0.15) is 30.1 Å². The quantitative estimate of drug-likeness (QED) is 0.894. The first-order valence-corrected chi connectivity index (χ1v) is 6.28. The third-order valence-electron chi connectivity index (χ3n) is 3.16. The number of nitrogens with one attached hydrogen (secondary N) is 1. The van der Waals surface area contributed by atoms with Crippen molar-refractivity contribution in [1.82, 2.24) is 0 Å². The van der Waals surface area contributed by atoms with E-state index in [1.54, 1.807) is 6.92 Å². The Hall–Kier alpha value is -1.59. The first-order chi connectivity index (χ1) is 8.92. The fraction of sp³-hybridized carbons (Fsp3) is 0.385. The van der Waals surface area contributed by atoms with Crippen LogP contribution < -0.4 is 5.32 Å². The molecule has 5 nitrogen and oxygen atoms in total. The van der Waals surface area contributed by atoms with E-state index in [9.17, 15) is 9.59 Å². The summed E-state index contributed by atoms with van der Waals surface area (Å²) in [4.78, 5) is 23.0. The maximum Gasteiger partial charge on any atom is 0.335 e. The highest BCUT2D eigenvalue weighted by Crippen LogP contribution is 2.29. The van der Waals surface area contributed by atoms with Crippen molar-refractivity contribution < 1.29 is 19.4 Å². The van der Waals surface area contributed by atoms with Gasteiger partial charge in [-0.2, -0.15) is 0 Å². The molecule has 0 spiro atoms. The Kier molecular flexibility index (Phi) is 3.78. The zero-order chi connectivity index (χ0) is 14.0. The van der Waals surface area contributed by atoms with Crippen LogP contribution >= 0.6 is 11.6 Å². The van der Waals surface area contributed by atoms with Gasteiger partial charge in [0.2, 0.25) is 0 Å². The number of aromatic carboxylic acids is 1. The summed E-state index contributed by atoms with van der Waals surface area (Å²) in [6.07, 6.45) is 1.46. The number of carboxylic acids is 1. The van der Waals surface area contributed by atoms with E-state index in [-0.39, 0.29) is 17.2 Å². The second kappa shape index (κ2) is 5.19. The number of carbonyl (C=O) groups excluding carboxylic acids is 1. The molecule has 1 aliphatic rings. The summed E-state index contributed by atoms with van der Waals surface area (Å²) < 4.78 is 5.42. The highest BCUT2D eigenvalue weighted by Gasteiger charge is 2.37. The number of ether oxygens (including phenoxy) is 1. The molecule has 1 atom stereocenters. The minimum atomic E-state index is -1.07. The van der Waals surface area contributed by atoms with E-state index >= 15 is 0 Å². The Morgan fingerprint density at radius 2 is 2.21 bits per heavy atom. The average molecular weight is 284 g/mol. The summed E-state index contributed by atoms with van der Waals surface area (Å²) >= 11 is 5.95. The molecular weight excluding hydrogens is 270 g/mol. The molecule has 1 aromatic rings. The summed E-state index contributed by atoms with van der Waals surface area (Å²) in [5.74, 6) is -1.38. The van der Waals surface area contributed by atoms with Crippen LogP contribution in [0.15, 0.2) is 18.2 Å². The van der Waals surface area contributed by atoms with Crippen LogP contribution in [0.25, 0.3) is 0 Å². The average Bonchev–Trinajstić information content (AvgIpc) is 2.80. The van der Waals surface area contributed by atoms with Gasteiger partial charge in [-0.3, -0.25) is 4.79 Å². The van der Waals surface area contributed by atoms with Gasteiger partial charge in [0.25, 0.3) is 5.91 Å². The highest BCUT2D eigenvalue weighted by molar-refractivity contribution is 6.34. The zero-order valence-corrected chi connectivity index (χ0v) is 11.2. The van der Waals surface area contributed by atoms with Gasteiger partial charge in [0.1, 0.15) is 5.60 Å². The van der Waals surface area contributed by atoms with Crippen molar-refractivity contribution in [3.8, 4) is 0 Å². The van der Waals surface area contributed by atoms with Crippen LogP contribution in [0.4, 0.5) is 5.69 Å². The van der Waals surface area contributed by atoms with Gasteiger partial charge in [0, 0.05) is 6.61 Å². The molecule has 0 aromatic heterocycles. The van der Waals surface area contributed by atoms with Gasteiger partial charge in [-0.25, -0.2) is 4.79 Å². The molecule has 2 N–H and O–H groups in total. The van der Waals surface area contributed by atoms with Crippen LogP contribution in [0, 0.1) is 0 Å². The lowest BCUT2D eigenvalue weighted by atomic mass is 10.0. The van der Waals surface area contributed by atoms with E-state index in [4.69, 9.17) is 21.4 Å². The summed E-state index contributed by atoms with van der Waals surface area (Å²) in [6, 6.07) is 4.16. The Bertz CT molecular complexity index is 523. The molecule has 19 heavy (non-hydrogen) atoms. The van der Waals surface area contributed by atoms with Gasteiger partial charge in [0.15, 0.2) is 0 Å². The van der Waals surface area contributed by atoms with Crippen molar-refractivity contribution in [3.63, 3.8) is 0 Å². The number of benzene rings is 1. The molecule has 1 fully saturated rings. The molecule has 1 saturated heterocycles. The number of halogens is 1. The molecule has 6 heteroatoms. The van der Waals surface area contributed by atoms with E-state index in [1.807, 2.05) is 0 Å². The molecule has 0 bridgehead atoms. The summed E-state index contributed by atoms with van der Waals surface area (Å²) in [5, 5.41) is 11.8. The monoisotopic (exact) mass is 283 g/mol. The Labute approximate surface area is 115 Å². The molecule has 0 saturated carbocycles. The molecule has 0 aliphatic carbocycles. The SMILES string of the molecule is CC1(C(=O)Nc2cc(C(=O)O)ccc2Cl)CCCO1. The molecular formula is C13H14ClNO4. The molecule has 1 unspecified atom stereocenters. The predicted molar refractivity (Wildman–Crippen MR) is 70.6 cm³/mol. The van der Waals surface area contributed by atoms with Crippen LogP contribution in [-0.4, -0.2) is 29.2 Å². The largest absolute Gasteiger partial charge is 0.478 e. The molecule has 1 aliphatic heterocycles. The van der Waals surface area contributed by atoms with E-state index in [0.717, 1.165) is 6.42 Å². The van der Waals surface area contributed by atoms with E-state index in [0.29, 0.717) is 18.1 Å². The van der Waals surface area contributed by atoms with Crippen LogP contribution in [0.3, 0.4) is 0 Å². The Morgan fingerprint density at radius 3 is 2.79 bits per heavy atom. The number of rotatable bonds is 3. The van der Waals surface area contributed by atoms with Crippen LogP contribution in [0.5, 0.6) is 0 Å². The van der Waals surface area contributed by atoms with E-state index in [1.165, 1.54) is 18.2 Å². The number of amides is 1. The smallest absolute Gasteiger partial charge is 0.335 e. The number of carboxylic acid groups (broad SMARTS) is 1. The fourth-order valence-corrected chi connectivity index (χ4v) is 2.13. The maximum absolute atomic E-state index is 12.1. The zero-order valence-electron chi connectivity index (χ0n) is 10.4. The second-order valence-electron chi connectivity index (χ2n) is 4.64. The minimum Gasteiger partial charge on any atom is -0.478 e. The molecule has 2 rings (SSSR count). The normalized spacial score (nSPS) is 22.2. The first-order valence-electron chi connectivity index (χ1n) is 5.91. The van der Waals surface area contributed by atoms with Crippen molar-refractivity contribution in [2.75, 3.05) is 11.9 Å². The number of hydrogen-bond acceptors (Lipinski definition) is 3. The standard InChI is InChI=1S/C13H14ClNO4/c1-13(5-2-6-19-13)12(18)15-10-7-8(11(16)17)3-4-9(10)14/h3-4,7H,2,5-6H2,1H3,(H,15,18)(H,16,17). The molecule has 1 heterocycles. The van der Waals surface area contributed by atoms with E-state index < -0.39 is 11.6 Å². The summed E-state index contributed by atoms with van der Waals surface area (Å²) in [5.41, 5.74) is -0.525. The Morgan fingerprint density at radius 1 is 1.47 bits per heavy atom. The van der Waals surface area contributed by atoms with Gasteiger partial charge >= 0.3 is 5.97 Å². The lowest BCUT2D eigenvalue weighted by Gasteiger charge is -2.22. The molecule has 1 amide bonds. The van der Waals surface area contributed by atoms with Crippen molar-refractivity contribution >= 4 is 29.2 Å². The van der Waals surface area contributed by atoms with Crippen LogP contribution in [-0.2, 0) is 9.53 Å². The molecule has 0 radical (unpaired) electrons. The summed E-state index contributed by atoms with van der Waals surface area (Å²) in [6.45, 7) is 2.26. The highest BCUT2D eigenvalue weighted by atomic mass is 35.5. The lowest BCUT2D eigenvalue weighted by Crippen LogP contribution is -2.39.